The lowest BCUT2D eigenvalue weighted by Crippen LogP contribution is -2.41. The lowest BCUT2D eigenvalue weighted by Gasteiger charge is -2.16. The van der Waals surface area contributed by atoms with Gasteiger partial charge in [-0.05, 0) is 24.5 Å². The molecule has 114 valence electrons. The van der Waals surface area contributed by atoms with Gasteiger partial charge in [-0.1, -0.05) is 13.8 Å². The van der Waals surface area contributed by atoms with E-state index in [2.05, 4.69) is 14.7 Å². The molecule has 0 aliphatic heterocycles. The van der Waals surface area contributed by atoms with Gasteiger partial charge in [0.05, 0.1) is 0 Å². The molecule has 0 bridgehead atoms. The lowest BCUT2D eigenvalue weighted by molar-refractivity contribution is -0.139. The molecule has 2 aromatic rings. The zero-order chi connectivity index (χ0) is 15.6. The van der Waals surface area contributed by atoms with Gasteiger partial charge in [-0.2, -0.15) is 4.72 Å². The molecule has 7 nitrogen and oxygen atoms in total. The predicted octanol–water partition coefficient (Wildman–Crippen LogP) is 1.34. The highest BCUT2D eigenvalue weighted by atomic mass is 32.2. The Balaban J connectivity index is 2.35. The number of hydrogen-bond acceptors (Lipinski definition) is 4. The van der Waals surface area contributed by atoms with E-state index in [0.29, 0.717) is 11.0 Å². The normalized spacial score (nSPS) is 13.7. The number of pyridine rings is 1. The molecule has 21 heavy (non-hydrogen) atoms. The molecule has 0 saturated heterocycles. The fourth-order valence-electron chi connectivity index (χ4n) is 2.07. The summed E-state index contributed by atoms with van der Waals surface area (Å²) in [6.45, 7) is 3.67. The topological polar surface area (TPSA) is 112 Å². The van der Waals surface area contributed by atoms with Crippen LogP contribution in [0.15, 0.2) is 29.4 Å². The van der Waals surface area contributed by atoms with Crippen molar-refractivity contribution in [2.45, 2.75) is 31.2 Å². The van der Waals surface area contributed by atoms with Crippen LogP contribution >= 0.6 is 0 Å². The average Bonchev–Trinajstić information content (AvgIpc) is 2.81. The summed E-state index contributed by atoms with van der Waals surface area (Å²) in [5, 5.41) is 9.58. The Morgan fingerprint density at radius 1 is 1.48 bits per heavy atom. The van der Waals surface area contributed by atoms with E-state index < -0.39 is 22.0 Å². The first-order valence-electron chi connectivity index (χ1n) is 6.48. The van der Waals surface area contributed by atoms with E-state index in [1.54, 1.807) is 18.3 Å². The molecule has 3 N–H and O–H groups in total. The number of carbonyl (C=O) groups is 1. The quantitative estimate of drug-likeness (QED) is 0.745. The summed E-state index contributed by atoms with van der Waals surface area (Å²) < 4.78 is 27.0. The number of hydrogen-bond donors (Lipinski definition) is 3. The number of nitrogens with zero attached hydrogens (tertiary/aromatic N) is 1. The van der Waals surface area contributed by atoms with Crippen molar-refractivity contribution < 1.29 is 18.3 Å². The number of carboxylic acid groups (broad SMARTS) is 1. The maximum absolute atomic E-state index is 12.4. The van der Waals surface area contributed by atoms with Crippen LogP contribution < -0.4 is 4.72 Å². The van der Waals surface area contributed by atoms with Crippen LogP contribution in [0.1, 0.15) is 20.3 Å². The van der Waals surface area contributed by atoms with Crippen molar-refractivity contribution in [3.8, 4) is 0 Å². The molecular weight excluding hydrogens is 294 g/mol. The molecule has 2 rings (SSSR count). The largest absolute Gasteiger partial charge is 0.480 e. The molecular formula is C13H17N3O4S. The van der Waals surface area contributed by atoms with Crippen LogP contribution in [-0.4, -0.2) is 35.5 Å². The Bertz CT molecular complexity index is 752. The maximum Gasteiger partial charge on any atom is 0.321 e. The van der Waals surface area contributed by atoms with Crippen LogP contribution in [0.3, 0.4) is 0 Å². The highest BCUT2D eigenvalue weighted by molar-refractivity contribution is 7.89. The van der Waals surface area contributed by atoms with Crippen LogP contribution in [0, 0.1) is 5.92 Å². The Hall–Kier alpha value is -1.93. The van der Waals surface area contributed by atoms with Gasteiger partial charge in [0.2, 0.25) is 10.0 Å². The van der Waals surface area contributed by atoms with Gasteiger partial charge >= 0.3 is 5.97 Å². The van der Waals surface area contributed by atoms with E-state index in [9.17, 15) is 13.2 Å². The number of nitrogens with one attached hydrogen (secondary N) is 2. The van der Waals surface area contributed by atoms with Gasteiger partial charge in [-0.15, -0.1) is 0 Å². The molecule has 0 radical (unpaired) electrons. The van der Waals surface area contributed by atoms with E-state index in [1.807, 2.05) is 13.8 Å². The maximum atomic E-state index is 12.4. The van der Waals surface area contributed by atoms with E-state index in [1.165, 1.54) is 6.20 Å². The van der Waals surface area contributed by atoms with Gasteiger partial charge in [0, 0.05) is 17.8 Å². The molecule has 0 spiro atoms. The van der Waals surface area contributed by atoms with Crippen molar-refractivity contribution in [2.75, 3.05) is 0 Å². The molecule has 0 saturated carbocycles. The monoisotopic (exact) mass is 311 g/mol. The number of aromatic amines is 1. The van der Waals surface area contributed by atoms with Crippen molar-refractivity contribution in [3.05, 3.63) is 24.5 Å². The summed E-state index contributed by atoms with van der Waals surface area (Å²) >= 11 is 0. The summed E-state index contributed by atoms with van der Waals surface area (Å²) in [4.78, 5) is 18.0. The number of sulfonamides is 1. The zero-order valence-corrected chi connectivity index (χ0v) is 12.5. The Labute approximate surface area is 122 Å². The standard InChI is InChI=1S/C13H17N3O4S/c1-8(2)6-10(13(17)18)16-21(19,20)11-7-15-12-9(11)4-3-5-14-12/h3-5,7-8,10,16H,6H2,1-2H3,(H,14,15)(H,17,18)/t10-/m0/s1. The van der Waals surface area contributed by atoms with Gasteiger partial charge in [-0.25, -0.2) is 13.4 Å². The minimum Gasteiger partial charge on any atom is -0.480 e. The fraction of sp³-hybridized carbons (Fsp3) is 0.385. The van der Waals surface area contributed by atoms with Gasteiger partial charge in [-0.3, -0.25) is 4.79 Å². The first kappa shape index (κ1) is 15.5. The second-order valence-electron chi connectivity index (χ2n) is 5.19. The van der Waals surface area contributed by atoms with E-state index in [-0.39, 0.29) is 17.2 Å². The predicted molar refractivity (Wildman–Crippen MR) is 77.3 cm³/mol. The van der Waals surface area contributed by atoms with E-state index in [0.717, 1.165) is 0 Å². The number of carboxylic acids is 1. The van der Waals surface area contributed by atoms with Gasteiger partial charge in [0.1, 0.15) is 16.6 Å². The van der Waals surface area contributed by atoms with Gasteiger partial charge < -0.3 is 10.1 Å². The molecule has 1 atom stereocenters. The number of fused-ring (bicyclic) bond motifs is 1. The van der Waals surface area contributed by atoms with Crippen molar-refractivity contribution in [3.63, 3.8) is 0 Å². The second kappa shape index (κ2) is 5.82. The zero-order valence-electron chi connectivity index (χ0n) is 11.7. The molecule has 0 aromatic carbocycles. The lowest BCUT2D eigenvalue weighted by atomic mass is 10.1. The Morgan fingerprint density at radius 3 is 2.81 bits per heavy atom. The van der Waals surface area contributed by atoms with E-state index >= 15 is 0 Å². The molecule has 0 amide bonds. The molecule has 2 aromatic heterocycles. The van der Waals surface area contributed by atoms with Crippen molar-refractivity contribution in [1.29, 1.82) is 0 Å². The SMILES string of the molecule is CC(C)C[C@H](NS(=O)(=O)c1c[nH]c2ncccc12)C(=O)O. The first-order chi connectivity index (χ1) is 9.81. The van der Waals surface area contributed by atoms with Crippen LogP contribution in [0.5, 0.6) is 0 Å². The molecule has 0 aliphatic rings. The van der Waals surface area contributed by atoms with Crippen molar-refractivity contribution in [1.82, 2.24) is 14.7 Å². The highest BCUT2D eigenvalue weighted by Crippen LogP contribution is 2.21. The van der Waals surface area contributed by atoms with E-state index in [4.69, 9.17) is 5.11 Å². The Kier molecular flexibility index (Phi) is 4.29. The van der Waals surface area contributed by atoms with Crippen LogP contribution in [0.2, 0.25) is 0 Å². The van der Waals surface area contributed by atoms with Crippen molar-refractivity contribution >= 4 is 27.0 Å². The third kappa shape index (κ3) is 3.40. The minimum atomic E-state index is -3.94. The molecule has 0 unspecified atom stereocenters. The molecule has 8 heteroatoms. The number of aromatic nitrogens is 2. The summed E-state index contributed by atoms with van der Waals surface area (Å²) in [6.07, 6.45) is 3.07. The average molecular weight is 311 g/mol. The smallest absolute Gasteiger partial charge is 0.321 e. The van der Waals surface area contributed by atoms with Crippen LogP contribution in [0.4, 0.5) is 0 Å². The first-order valence-corrected chi connectivity index (χ1v) is 7.97. The number of rotatable bonds is 6. The third-order valence-corrected chi connectivity index (χ3v) is 4.52. The molecule has 0 fully saturated rings. The number of aliphatic carboxylic acids is 1. The van der Waals surface area contributed by atoms with Crippen molar-refractivity contribution in [2.24, 2.45) is 5.92 Å². The summed E-state index contributed by atoms with van der Waals surface area (Å²) in [5.41, 5.74) is 0.439. The van der Waals surface area contributed by atoms with Crippen LogP contribution in [-0.2, 0) is 14.8 Å². The fourth-order valence-corrected chi connectivity index (χ4v) is 3.44. The third-order valence-electron chi connectivity index (χ3n) is 3.01. The minimum absolute atomic E-state index is 0.000561. The summed E-state index contributed by atoms with van der Waals surface area (Å²) in [7, 11) is -3.94. The van der Waals surface area contributed by atoms with Gasteiger partial charge in [0.25, 0.3) is 0 Å². The number of H-pyrrole nitrogens is 1. The molecule has 2 heterocycles. The van der Waals surface area contributed by atoms with Gasteiger partial charge in [0.15, 0.2) is 0 Å². The molecule has 0 aliphatic carbocycles. The highest BCUT2D eigenvalue weighted by Gasteiger charge is 2.27. The summed E-state index contributed by atoms with van der Waals surface area (Å²) in [6, 6.07) is 2.08. The van der Waals surface area contributed by atoms with Crippen LogP contribution in [0.25, 0.3) is 11.0 Å². The summed E-state index contributed by atoms with van der Waals surface area (Å²) in [5.74, 6) is -1.14. The second-order valence-corrected chi connectivity index (χ2v) is 6.88. The Morgan fingerprint density at radius 2 is 2.19 bits per heavy atom.